The third kappa shape index (κ3) is 36.0. The summed E-state index contributed by atoms with van der Waals surface area (Å²) in [5.74, 6) is 0. The Bertz CT molecular complexity index is 128. The minimum Gasteiger partial charge on any atom is -1.00 e. The van der Waals surface area contributed by atoms with E-state index in [0.29, 0.717) is 0 Å². The highest BCUT2D eigenvalue weighted by Gasteiger charge is 2.03. The van der Waals surface area contributed by atoms with Crippen molar-refractivity contribution in [2.24, 2.45) is 0 Å². The molecule has 0 aromatic heterocycles. The van der Waals surface area contributed by atoms with Gasteiger partial charge in [0.25, 0.3) is 0 Å². The van der Waals surface area contributed by atoms with Crippen LogP contribution in [-0.4, -0.2) is 72.7 Å². The van der Waals surface area contributed by atoms with Crippen LogP contribution in [0.3, 0.4) is 0 Å². The van der Waals surface area contributed by atoms with Crippen molar-refractivity contribution in [1.29, 1.82) is 0 Å². The van der Waals surface area contributed by atoms with Gasteiger partial charge in [-0.1, -0.05) is 6.92 Å². The number of nitrogens with zero attached hydrogens (tertiary/aromatic N) is 1. The summed E-state index contributed by atoms with van der Waals surface area (Å²) in [5, 5.41) is 2.27. The molecular formula is C12H32Cl2N2O2. The van der Waals surface area contributed by atoms with Crippen LogP contribution in [-0.2, 0) is 9.47 Å². The molecule has 0 aromatic carbocycles. The van der Waals surface area contributed by atoms with Crippen LogP contribution in [0, 0.1) is 0 Å². The van der Waals surface area contributed by atoms with E-state index in [1.807, 2.05) is 0 Å². The number of nitrogens with two attached hydrogens (primary N) is 1. The second kappa shape index (κ2) is 19.8. The Morgan fingerprint density at radius 2 is 1.39 bits per heavy atom. The highest BCUT2D eigenvalue weighted by Crippen LogP contribution is 1.87. The highest BCUT2D eigenvalue weighted by atomic mass is 35.5. The first kappa shape index (κ1) is 26.9. The lowest BCUT2D eigenvalue weighted by molar-refractivity contribution is -0.870. The van der Waals surface area contributed by atoms with Crippen molar-refractivity contribution in [2.75, 3.05) is 68.2 Å². The number of likely N-dealkylation sites (N-methyl/N-ethyl adjacent to an activating group) is 1. The van der Waals surface area contributed by atoms with Gasteiger partial charge in [0.05, 0.1) is 47.4 Å². The molecule has 0 aliphatic carbocycles. The number of hydrogen-bond acceptors (Lipinski definition) is 2. The number of ether oxygens (including phenoxy) is 2. The molecule has 0 rings (SSSR count). The van der Waals surface area contributed by atoms with Gasteiger partial charge in [-0.2, -0.15) is 0 Å². The standard InChI is InChI=1S/C6H16NO.C6H15NO.2ClH/c1-7(2,3)5-6-8-4;1-3-4-7-5-6-8-2;;/h5-6H2,1-4H3;7H,3-6H2,1-2H3;2*1H/q+1;;;/p-1. The fourth-order valence-electron chi connectivity index (χ4n) is 0.915. The molecule has 0 aliphatic rings. The third-order valence-corrected chi connectivity index (χ3v) is 1.99. The molecule has 2 N–H and O–H groups in total. The average Bonchev–Trinajstić information content (AvgIpc) is 2.22. The zero-order valence-electron chi connectivity index (χ0n) is 12.8. The largest absolute Gasteiger partial charge is 1.00 e. The third-order valence-electron chi connectivity index (χ3n) is 1.99. The van der Waals surface area contributed by atoms with E-state index >= 15 is 0 Å². The van der Waals surface area contributed by atoms with Gasteiger partial charge in [-0.25, -0.2) is 0 Å². The van der Waals surface area contributed by atoms with Crippen molar-refractivity contribution in [3.8, 4) is 0 Å². The minimum atomic E-state index is 0. The summed E-state index contributed by atoms with van der Waals surface area (Å²) < 4.78 is 10.7. The Hall–Kier alpha value is 0.420. The van der Waals surface area contributed by atoms with Gasteiger partial charge < -0.3 is 44.1 Å². The maximum absolute atomic E-state index is 4.90. The summed E-state index contributed by atoms with van der Waals surface area (Å²) in [6.45, 7) is 7.32. The van der Waals surface area contributed by atoms with Crippen LogP contribution < -0.4 is 30.1 Å². The van der Waals surface area contributed by atoms with E-state index in [0.717, 1.165) is 30.8 Å². The zero-order valence-corrected chi connectivity index (χ0v) is 14.4. The molecule has 0 bridgehead atoms. The maximum atomic E-state index is 4.90. The fraction of sp³-hybridized carbons (Fsp3) is 1.00. The lowest BCUT2D eigenvalue weighted by Gasteiger charge is -2.22. The van der Waals surface area contributed by atoms with Crippen molar-refractivity contribution in [2.45, 2.75) is 13.3 Å². The Morgan fingerprint density at radius 1 is 0.889 bits per heavy atom. The lowest BCUT2D eigenvalue weighted by atomic mass is 10.5. The van der Waals surface area contributed by atoms with Gasteiger partial charge in [0.2, 0.25) is 0 Å². The van der Waals surface area contributed by atoms with E-state index in [4.69, 9.17) is 9.47 Å². The second-order valence-electron chi connectivity index (χ2n) is 4.87. The summed E-state index contributed by atoms with van der Waals surface area (Å²) in [6, 6.07) is 0. The summed E-state index contributed by atoms with van der Waals surface area (Å²) in [6.07, 6.45) is 1.25. The van der Waals surface area contributed by atoms with Crippen molar-refractivity contribution < 1.29 is 44.1 Å². The number of hydrogen-bond donors (Lipinski definition) is 1. The number of rotatable bonds is 8. The monoisotopic (exact) mass is 306 g/mol. The molecule has 0 radical (unpaired) electrons. The SMILES string of the molecule is CCC[NH2+]CCOC.COCC[N+](C)(C)C.[Cl-].[Cl-]. The number of halogens is 2. The molecule has 0 heterocycles. The molecule has 0 spiro atoms. The van der Waals surface area contributed by atoms with Gasteiger partial charge in [0.1, 0.15) is 6.54 Å². The number of methoxy groups -OCH3 is 2. The van der Waals surface area contributed by atoms with Gasteiger partial charge in [-0.15, -0.1) is 0 Å². The van der Waals surface area contributed by atoms with E-state index in [1.54, 1.807) is 14.2 Å². The Labute approximate surface area is 126 Å². The van der Waals surface area contributed by atoms with Gasteiger partial charge in [0.15, 0.2) is 0 Å². The molecule has 0 aliphatic heterocycles. The highest BCUT2D eigenvalue weighted by molar-refractivity contribution is 4.22. The molecule has 0 aromatic rings. The van der Waals surface area contributed by atoms with E-state index in [1.165, 1.54) is 13.0 Å². The van der Waals surface area contributed by atoms with Crippen molar-refractivity contribution in [1.82, 2.24) is 0 Å². The van der Waals surface area contributed by atoms with Crippen LogP contribution >= 0.6 is 0 Å². The first-order chi connectivity index (χ1) is 7.47. The van der Waals surface area contributed by atoms with Crippen LogP contribution in [0.1, 0.15) is 13.3 Å². The van der Waals surface area contributed by atoms with E-state index in [2.05, 4.69) is 33.4 Å². The molecule has 116 valence electrons. The molecular weight excluding hydrogens is 275 g/mol. The van der Waals surface area contributed by atoms with Crippen LogP contribution in [0.25, 0.3) is 0 Å². The van der Waals surface area contributed by atoms with Gasteiger partial charge in [-0.3, -0.25) is 0 Å². The first-order valence-electron chi connectivity index (χ1n) is 6.08. The van der Waals surface area contributed by atoms with Crippen LogP contribution in [0.15, 0.2) is 0 Å². The summed E-state index contributed by atoms with van der Waals surface area (Å²) >= 11 is 0. The zero-order chi connectivity index (χ0) is 12.9. The molecule has 0 fully saturated rings. The van der Waals surface area contributed by atoms with Crippen LogP contribution in [0.4, 0.5) is 0 Å². The summed E-state index contributed by atoms with van der Waals surface area (Å²) in [5.41, 5.74) is 0. The first-order valence-corrected chi connectivity index (χ1v) is 6.08. The quantitative estimate of drug-likeness (QED) is 0.358. The Kier molecular flexibility index (Phi) is 29.5. The smallest absolute Gasteiger partial charge is 0.102 e. The van der Waals surface area contributed by atoms with Gasteiger partial charge in [0, 0.05) is 14.2 Å². The molecule has 0 saturated carbocycles. The topological polar surface area (TPSA) is 35.1 Å². The van der Waals surface area contributed by atoms with Crippen LogP contribution in [0.2, 0.25) is 0 Å². The lowest BCUT2D eigenvalue weighted by Crippen LogP contribution is -3.00. The summed E-state index contributed by atoms with van der Waals surface area (Å²) in [4.78, 5) is 0. The predicted octanol–water partition coefficient (Wildman–Crippen LogP) is -6.05. The normalized spacial score (nSPS) is 9.67. The second-order valence-corrected chi connectivity index (χ2v) is 4.87. The molecule has 0 amide bonds. The molecule has 0 unspecified atom stereocenters. The van der Waals surface area contributed by atoms with Crippen LogP contribution in [0.5, 0.6) is 0 Å². The van der Waals surface area contributed by atoms with Crippen molar-refractivity contribution in [3.05, 3.63) is 0 Å². The molecule has 0 atom stereocenters. The predicted molar refractivity (Wildman–Crippen MR) is 68.6 cm³/mol. The Balaban J connectivity index is -0.0000000980. The molecule has 18 heavy (non-hydrogen) atoms. The maximum Gasteiger partial charge on any atom is 0.102 e. The molecule has 0 saturated heterocycles. The van der Waals surface area contributed by atoms with Crippen molar-refractivity contribution in [3.63, 3.8) is 0 Å². The summed E-state index contributed by atoms with van der Waals surface area (Å²) in [7, 11) is 9.92. The fourth-order valence-corrected chi connectivity index (χ4v) is 0.915. The van der Waals surface area contributed by atoms with Crippen molar-refractivity contribution >= 4 is 0 Å². The van der Waals surface area contributed by atoms with E-state index in [-0.39, 0.29) is 24.8 Å². The molecule has 6 heteroatoms. The minimum absolute atomic E-state index is 0. The van der Waals surface area contributed by atoms with E-state index < -0.39 is 0 Å². The number of quaternary nitrogens is 2. The molecule has 4 nitrogen and oxygen atoms in total. The van der Waals surface area contributed by atoms with E-state index in [9.17, 15) is 0 Å². The Morgan fingerprint density at radius 3 is 1.67 bits per heavy atom. The van der Waals surface area contributed by atoms with Gasteiger partial charge >= 0.3 is 0 Å². The van der Waals surface area contributed by atoms with Gasteiger partial charge in [-0.05, 0) is 6.42 Å². The average molecular weight is 307 g/mol.